The highest BCUT2D eigenvalue weighted by Gasteiger charge is 2.38. The Kier molecular flexibility index (Phi) is 6.36. The van der Waals surface area contributed by atoms with Crippen molar-refractivity contribution in [2.75, 3.05) is 20.3 Å². The summed E-state index contributed by atoms with van der Waals surface area (Å²) in [5.41, 5.74) is 0. The summed E-state index contributed by atoms with van der Waals surface area (Å²) >= 11 is 3.58. The molecule has 0 heterocycles. The summed E-state index contributed by atoms with van der Waals surface area (Å²) in [6.07, 6.45) is 4.11. The molecule has 0 amide bonds. The fourth-order valence-electron chi connectivity index (χ4n) is 2.16. The van der Waals surface area contributed by atoms with Gasteiger partial charge in [0.15, 0.2) is 0 Å². The standard InChI is InChI=1S/C12H21BrO3/c1-3-4-5-16-8-9-6-10(13)7-11(9)12(14)15-2/h9-11H,3-8H2,1-2H3/t9-,10+,11+/m1/s1. The van der Waals surface area contributed by atoms with Crippen molar-refractivity contribution in [3.05, 3.63) is 0 Å². The molecular weight excluding hydrogens is 272 g/mol. The van der Waals surface area contributed by atoms with E-state index >= 15 is 0 Å². The second-order valence-electron chi connectivity index (χ2n) is 4.39. The van der Waals surface area contributed by atoms with Crippen molar-refractivity contribution in [2.45, 2.75) is 37.4 Å². The maximum atomic E-state index is 11.6. The number of carbonyl (C=O) groups excluding carboxylic acids is 1. The van der Waals surface area contributed by atoms with Crippen LogP contribution in [-0.2, 0) is 14.3 Å². The van der Waals surface area contributed by atoms with E-state index in [1.165, 1.54) is 7.11 Å². The van der Waals surface area contributed by atoms with Crippen molar-refractivity contribution in [1.29, 1.82) is 0 Å². The van der Waals surface area contributed by atoms with E-state index < -0.39 is 0 Å². The third kappa shape index (κ3) is 4.06. The van der Waals surface area contributed by atoms with Crippen LogP contribution in [0.15, 0.2) is 0 Å². The van der Waals surface area contributed by atoms with E-state index in [0.29, 0.717) is 17.4 Å². The molecule has 1 fully saturated rings. The fourth-order valence-corrected chi connectivity index (χ4v) is 3.05. The maximum Gasteiger partial charge on any atom is 0.309 e. The normalized spacial score (nSPS) is 29.3. The molecule has 0 spiro atoms. The average Bonchev–Trinajstić information content (AvgIpc) is 2.65. The minimum atomic E-state index is -0.0916. The second-order valence-corrected chi connectivity index (χ2v) is 5.68. The van der Waals surface area contributed by atoms with E-state index in [9.17, 15) is 4.79 Å². The van der Waals surface area contributed by atoms with Gasteiger partial charge in [0.05, 0.1) is 19.6 Å². The van der Waals surface area contributed by atoms with Crippen molar-refractivity contribution in [3.8, 4) is 0 Å². The number of rotatable bonds is 6. The molecule has 0 N–H and O–H groups in total. The quantitative estimate of drug-likeness (QED) is 0.429. The molecular formula is C12H21BrO3. The number of hydrogen-bond donors (Lipinski definition) is 0. The molecule has 4 heteroatoms. The predicted molar refractivity (Wildman–Crippen MR) is 66.7 cm³/mol. The lowest BCUT2D eigenvalue weighted by molar-refractivity contribution is -0.147. The fraction of sp³-hybridized carbons (Fsp3) is 0.917. The van der Waals surface area contributed by atoms with Crippen LogP contribution in [0.3, 0.4) is 0 Å². The largest absolute Gasteiger partial charge is 0.469 e. The second kappa shape index (κ2) is 7.28. The number of unbranched alkanes of at least 4 members (excludes halogenated alkanes) is 1. The molecule has 1 aliphatic rings. The lowest BCUT2D eigenvalue weighted by Crippen LogP contribution is -2.23. The number of alkyl halides is 1. The van der Waals surface area contributed by atoms with Crippen LogP contribution >= 0.6 is 15.9 Å². The van der Waals surface area contributed by atoms with E-state index in [1.807, 2.05) is 0 Å². The molecule has 0 aliphatic heterocycles. The number of methoxy groups -OCH3 is 1. The summed E-state index contributed by atoms with van der Waals surface area (Å²) in [4.78, 5) is 12.0. The topological polar surface area (TPSA) is 35.5 Å². The molecule has 0 bridgehead atoms. The summed E-state index contributed by atoms with van der Waals surface area (Å²) in [6, 6.07) is 0. The Morgan fingerprint density at radius 3 is 2.81 bits per heavy atom. The summed E-state index contributed by atoms with van der Waals surface area (Å²) < 4.78 is 10.4. The number of ether oxygens (including phenoxy) is 2. The van der Waals surface area contributed by atoms with Gasteiger partial charge < -0.3 is 9.47 Å². The zero-order chi connectivity index (χ0) is 12.0. The molecule has 3 atom stereocenters. The van der Waals surface area contributed by atoms with Crippen LogP contribution in [0.1, 0.15) is 32.6 Å². The molecule has 0 radical (unpaired) electrons. The van der Waals surface area contributed by atoms with Gasteiger partial charge in [-0.3, -0.25) is 4.79 Å². The summed E-state index contributed by atoms with van der Waals surface area (Å²) in [6.45, 7) is 3.63. The molecule has 1 saturated carbocycles. The van der Waals surface area contributed by atoms with Gasteiger partial charge in [-0.2, -0.15) is 0 Å². The smallest absolute Gasteiger partial charge is 0.309 e. The van der Waals surface area contributed by atoms with Gasteiger partial charge in [0.25, 0.3) is 0 Å². The van der Waals surface area contributed by atoms with Crippen LogP contribution < -0.4 is 0 Å². The SMILES string of the molecule is CCCCOC[C@H]1C[C@H](Br)C[C@@H]1C(=O)OC. The molecule has 94 valence electrons. The first kappa shape index (κ1) is 14.0. The molecule has 0 unspecified atom stereocenters. The Morgan fingerprint density at radius 2 is 2.19 bits per heavy atom. The van der Waals surface area contributed by atoms with Crippen molar-refractivity contribution in [3.63, 3.8) is 0 Å². The third-order valence-electron chi connectivity index (χ3n) is 3.12. The highest BCUT2D eigenvalue weighted by atomic mass is 79.9. The molecule has 3 nitrogen and oxygen atoms in total. The maximum absolute atomic E-state index is 11.6. The first-order valence-electron chi connectivity index (χ1n) is 5.98. The minimum Gasteiger partial charge on any atom is -0.469 e. The summed E-state index contributed by atoms with van der Waals surface area (Å²) in [7, 11) is 1.46. The van der Waals surface area contributed by atoms with E-state index in [1.54, 1.807) is 0 Å². The van der Waals surface area contributed by atoms with Gasteiger partial charge in [-0.25, -0.2) is 0 Å². The zero-order valence-electron chi connectivity index (χ0n) is 10.1. The van der Waals surface area contributed by atoms with Crippen molar-refractivity contribution < 1.29 is 14.3 Å². The summed E-state index contributed by atoms with van der Waals surface area (Å²) in [5.74, 6) is 0.232. The van der Waals surface area contributed by atoms with Gasteiger partial charge in [-0.15, -0.1) is 0 Å². The Labute approximate surface area is 106 Å². The predicted octanol–water partition coefficient (Wildman–Crippen LogP) is 2.77. The van der Waals surface area contributed by atoms with Crippen molar-refractivity contribution in [1.82, 2.24) is 0 Å². The molecule has 16 heavy (non-hydrogen) atoms. The Morgan fingerprint density at radius 1 is 1.44 bits per heavy atom. The van der Waals surface area contributed by atoms with Gasteiger partial charge >= 0.3 is 5.97 Å². The monoisotopic (exact) mass is 292 g/mol. The van der Waals surface area contributed by atoms with E-state index in [4.69, 9.17) is 9.47 Å². The first-order chi connectivity index (χ1) is 7.69. The van der Waals surface area contributed by atoms with Crippen molar-refractivity contribution >= 4 is 21.9 Å². The van der Waals surface area contributed by atoms with Gasteiger partial charge in [-0.1, -0.05) is 29.3 Å². The van der Waals surface area contributed by atoms with Gasteiger partial charge in [0.1, 0.15) is 0 Å². The molecule has 0 saturated heterocycles. The van der Waals surface area contributed by atoms with E-state index in [0.717, 1.165) is 32.3 Å². The third-order valence-corrected chi connectivity index (χ3v) is 3.86. The van der Waals surface area contributed by atoms with Crippen LogP contribution in [0.2, 0.25) is 0 Å². The Balaban J connectivity index is 2.34. The molecule has 1 rings (SSSR count). The van der Waals surface area contributed by atoms with Crippen LogP contribution in [0.5, 0.6) is 0 Å². The zero-order valence-corrected chi connectivity index (χ0v) is 11.7. The van der Waals surface area contributed by atoms with Crippen molar-refractivity contribution in [2.24, 2.45) is 11.8 Å². The number of halogens is 1. The molecule has 0 aromatic heterocycles. The lowest BCUT2D eigenvalue weighted by Gasteiger charge is -2.17. The number of esters is 1. The van der Waals surface area contributed by atoms with Crippen LogP contribution in [0, 0.1) is 11.8 Å². The number of hydrogen-bond acceptors (Lipinski definition) is 3. The minimum absolute atomic E-state index is 0.0102. The lowest BCUT2D eigenvalue weighted by atomic mass is 9.97. The van der Waals surface area contributed by atoms with Gasteiger partial charge in [-0.05, 0) is 25.2 Å². The van der Waals surface area contributed by atoms with E-state index in [-0.39, 0.29) is 11.9 Å². The van der Waals surface area contributed by atoms with Crippen LogP contribution in [-0.4, -0.2) is 31.1 Å². The molecule has 0 aromatic carbocycles. The van der Waals surface area contributed by atoms with Crippen LogP contribution in [0.25, 0.3) is 0 Å². The van der Waals surface area contributed by atoms with Gasteiger partial charge in [0, 0.05) is 11.4 Å². The van der Waals surface area contributed by atoms with Crippen LogP contribution in [0.4, 0.5) is 0 Å². The van der Waals surface area contributed by atoms with E-state index in [2.05, 4.69) is 22.9 Å². The molecule has 0 aromatic rings. The van der Waals surface area contributed by atoms with Gasteiger partial charge in [0.2, 0.25) is 0 Å². The first-order valence-corrected chi connectivity index (χ1v) is 6.90. The average molecular weight is 293 g/mol. The Hall–Kier alpha value is -0.0900. The Bertz CT molecular complexity index is 220. The highest BCUT2D eigenvalue weighted by molar-refractivity contribution is 9.09. The number of carbonyl (C=O) groups is 1. The molecule has 1 aliphatic carbocycles. The summed E-state index contributed by atoms with van der Waals surface area (Å²) in [5, 5.41) is 0. The highest BCUT2D eigenvalue weighted by Crippen LogP contribution is 2.37.